The van der Waals surface area contributed by atoms with Crippen molar-refractivity contribution in [1.29, 1.82) is 0 Å². The van der Waals surface area contributed by atoms with Crippen molar-refractivity contribution < 1.29 is 14.7 Å². The lowest BCUT2D eigenvalue weighted by atomic mass is 9.71. The molecule has 0 aliphatic heterocycles. The fraction of sp³-hybridized carbons (Fsp3) is 0.400. The topological polar surface area (TPSA) is 54.4 Å². The molecule has 0 aromatic carbocycles. The van der Waals surface area contributed by atoms with Crippen molar-refractivity contribution in [3.63, 3.8) is 0 Å². The van der Waals surface area contributed by atoms with Crippen LogP contribution in [-0.2, 0) is 9.59 Å². The van der Waals surface area contributed by atoms with Gasteiger partial charge in [0.05, 0.1) is 0 Å². The highest BCUT2D eigenvalue weighted by molar-refractivity contribution is 6.00. The van der Waals surface area contributed by atoms with E-state index >= 15 is 0 Å². The van der Waals surface area contributed by atoms with Gasteiger partial charge in [-0.1, -0.05) is 141 Å². The molecule has 1 N–H and O–H groups in total. The average Bonchev–Trinajstić information content (AvgIpc) is 2.88. The number of carbonyl (C=O) groups excluding carboxylic acids is 2. The first kappa shape index (κ1) is 35.6. The Hall–Kier alpha value is -3.56. The van der Waals surface area contributed by atoms with Crippen LogP contribution in [0.2, 0.25) is 0 Å². The van der Waals surface area contributed by atoms with Gasteiger partial charge in [0.15, 0.2) is 5.78 Å². The average molecular weight is 581 g/mol. The molecule has 0 aromatic heterocycles. The number of aliphatic hydroxyl groups is 1. The van der Waals surface area contributed by atoms with Crippen molar-refractivity contribution in [2.75, 3.05) is 0 Å². The maximum atomic E-state index is 12.2. The molecule has 0 unspecified atom stereocenters. The van der Waals surface area contributed by atoms with Gasteiger partial charge in [0.1, 0.15) is 11.9 Å². The first-order valence-corrected chi connectivity index (χ1v) is 15.3. The number of ketones is 2. The molecule has 2 aliphatic rings. The van der Waals surface area contributed by atoms with Crippen LogP contribution in [0.25, 0.3) is 0 Å². The summed E-state index contributed by atoms with van der Waals surface area (Å²) in [6.45, 7) is 20.6. The zero-order valence-electron chi connectivity index (χ0n) is 28.0. The predicted molar refractivity (Wildman–Crippen MR) is 184 cm³/mol. The van der Waals surface area contributed by atoms with Gasteiger partial charge in [0.2, 0.25) is 0 Å². The minimum atomic E-state index is -0.900. The number of hydrogen-bond donors (Lipinski definition) is 1. The van der Waals surface area contributed by atoms with Gasteiger partial charge in [-0.3, -0.25) is 9.59 Å². The second-order valence-corrected chi connectivity index (χ2v) is 13.4. The molecule has 0 bridgehead atoms. The van der Waals surface area contributed by atoms with Crippen molar-refractivity contribution in [3.05, 3.63) is 130 Å². The van der Waals surface area contributed by atoms with Crippen LogP contribution in [-0.4, -0.2) is 22.8 Å². The van der Waals surface area contributed by atoms with Crippen LogP contribution in [0.3, 0.4) is 0 Å². The van der Waals surface area contributed by atoms with Crippen molar-refractivity contribution in [3.8, 4) is 0 Å². The summed E-state index contributed by atoms with van der Waals surface area (Å²) in [7, 11) is 0. The molecule has 2 aliphatic carbocycles. The van der Waals surface area contributed by atoms with E-state index in [1.807, 2.05) is 37.3 Å². The third kappa shape index (κ3) is 11.2. The molecule has 0 heterocycles. The fourth-order valence-electron chi connectivity index (χ4n) is 5.68. The van der Waals surface area contributed by atoms with Crippen LogP contribution in [0.4, 0.5) is 0 Å². The van der Waals surface area contributed by atoms with E-state index in [2.05, 4.69) is 110 Å². The molecule has 0 amide bonds. The number of Topliss-reactive ketones (excluding diaryl/α,β-unsaturated/α-hetero) is 2. The Morgan fingerprint density at radius 1 is 0.674 bits per heavy atom. The van der Waals surface area contributed by atoms with Crippen LogP contribution in [0, 0.1) is 10.8 Å². The van der Waals surface area contributed by atoms with Gasteiger partial charge in [0, 0.05) is 12.8 Å². The first-order valence-electron chi connectivity index (χ1n) is 15.3. The van der Waals surface area contributed by atoms with Gasteiger partial charge in [0.25, 0.3) is 0 Å². The van der Waals surface area contributed by atoms with Gasteiger partial charge in [-0.15, -0.1) is 0 Å². The van der Waals surface area contributed by atoms with E-state index in [9.17, 15) is 14.7 Å². The van der Waals surface area contributed by atoms with Gasteiger partial charge in [-0.2, -0.15) is 0 Å². The smallest absolute Gasteiger partial charge is 0.187 e. The number of rotatable bonds is 10. The maximum absolute atomic E-state index is 12.2. The Labute approximate surface area is 260 Å². The molecule has 1 atom stereocenters. The van der Waals surface area contributed by atoms with E-state index < -0.39 is 6.10 Å². The minimum Gasteiger partial charge on any atom is -0.385 e. The SMILES string of the molecule is CC1=C(/C=C/C(C)=C/C=C/C(C)=C/C=C/C=C(C)/C=C/C=C(C)/C=C/C2=C(C)C(=O)[C@@H](O)CC2(C)C)C(C)(C)CC(=O)C1. The highest BCUT2D eigenvalue weighted by Gasteiger charge is 2.36. The molecule has 0 aromatic rings. The first-order chi connectivity index (χ1) is 20.0. The summed E-state index contributed by atoms with van der Waals surface area (Å²) in [4.78, 5) is 24.2. The molecular weight excluding hydrogens is 528 g/mol. The highest BCUT2D eigenvalue weighted by Crippen LogP contribution is 2.40. The normalized spacial score (nSPS) is 23.1. The lowest BCUT2D eigenvalue weighted by Gasteiger charge is -2.34. The second-order valence-electron chi connectivity index (χ2n) is 13.4. The molecule has 2 rings (SSSR count). The summed E-state index contributed by atoms with van der Waals surface area (Å²) in [5, 5.41) is 10.0. The van der Waals surface area contributed by atoms with Gasteiger partial charge in [-0.05, 0) is 75.5 Å². The second kappa shape index (κ2) is 15.8. The van der Waals surface area contributed by atoms with Crippen LogP contribution in [0.5, 0.6) is 0 Å². The molecule has 0 saturated carbocycles. The molecule has 0 spiro atoms. The van der Waals surface area contributed by atoms with Gasteiger partial charge < -0.3 is 5.11 Å². The van der Waals surface area contributed by atoms with E-state index in [0.29, 0.717) is 30.6 Å². The van der Waals surface area contributed by atoms with Crippen molar-refractivity contribution in [2.45, 2.75) is 94.6 Å². The molecule has 0 fully saturated rings. The molecule has 0 radical (unpaired) electrons. The van der Waals surface area contributed by atoms with E-state index in [-0.39, 0.29) is 16.6 Å². The standard InChI is InChI=1S/C40H52O3/c1-28(17-13-19-30(3)21-23-35-32(5)25-34(41)26-39(35,7)8)15-11-12-16-29(2)18-14-20-31(4)22-24-36-33(6)38(43)37(42)27-40(36,9)10/h11-24,37,42H,25-27H2,1-10H3/b12-11+,17-13+,18-14+,23-21+,24-22+,28-15+,29-16+,30-19+,31-20+/t37-/m0/s1. The highest BCUT2D eigenvalue weighted by atomic mass is 16.3. The number of allylic oxidation sites excluding steroid dienone is 21. The lowest BCUT2D eigenvalue weighted by molar-refractivity contribution is -0.125. The minimum absolute atomic E-state index is 0.104. The quantitative estimate of drug-likeness (QED) is 0.262. The monoisotopic (exact) mass is 580 g/mol. The molecular formula is C40H52O3. The van der Waals surface area contributed by atoms with E-state index in [1.54, 1.807) is 6.92 Å². The summed E-state index contributed by atoms with van der Waals surface area (Å²) in [6.07, 6.45) is 29.7. The maximum Gasteiger partial charge on any atom is 0.187 e. The van der Waals surface area contributed by atoms with Gasteiger partial charge in [-0.25, -0.2) is 0 Å². The van der Waals surface area contributed by atoms with Crippen LogP contribution >= 0.6 is 0 Å². The molecule has 43 heavy (non-hydrogen) atoms. The molecule has 3 heteroatoms. The predicted octanol–water partition coefficient (Wildman–Crippen LogP) is 9.93. The van der Waals surface area contributed by atoms with E-state index in [0.717, 1.165) is 27.9 Å². The molecule has 0 saturated heterocycles. The zero-order valence-corrected chi connectivity index (χ0v) is 28.0. The zero-order chi connectivity index (χ0) is 32.4. The largest absolute Gasteiger partial charge is 0.385 e. The van der Waals surface area contributed by atoms with Gasteiger partial charge >= 0.3 is 0 Å². The number of hydrogen-bond acceptors (Lipinski definition) is 3. The van der Waals surface area contributed by atoms with E-state index in [1.165, 1.54) is 11.1 Å². The Morgan fingerprint density at radius 2 is 1.12 bits per heavy atom. The van der Waals surface area contributed by atoms with Crippen molar-refractivity contribution >= 4 is 11.6 Å². The Kier molecular flexibility index (Phi) is 13.1. The van der Waals surface area contributed by atoms with Crippen LogP contribution in [0.15, 0.2) is 130 Å². The molecule has 3 nitrogen and oxygen atoms in total. The summed E-state index contributed by atoms with van der Waals surface area (Å²) in [5.41, 5.74) is 8.31. The Morgan fingerprint density at radius 3 is 1.60 bits per heavy atom. The lowest BCUT2D eigenvalue weighted by Crippen LogP contribution is -2.35. The van der Waals surface area contributed by atoms with Crippen LogP contribution < -0.4 is 0 Å². The van der Waals surface area contributed by atoms with Crippen LogP contribution in [0.1, 0.15) is 88.5 Å². The molecule has 230 valence electrons. The van der Waals surface area contributed by atoms with Crippen molar-refractivity contribution in [1.82, 2.24) is 0 Å². The summed E-state index contributed by atoms with van der Waals surface area (Å²) in [6, 6.07) is 0. The summed E-state index contributed by atoms with van der Waals surface area (Å²) in [5.74, 6) is 0.162. The van der Waals surface area contributed by atoms with E-state index in [4.69, 9.17) is 0 Å². The summed E-state index contributed by atoms with van der Waals surface area (Å²) < 4.78 is 0. The number of aliphatic hydroxyl groups excluding tert-OH is 1. The number of carbonyl (C=O) groups is 2. The third-order valence-electron chi connectivity index (χ3n) is 8.09. The Bertz CT molecular complexity index is 1420. The van der Waals surface area contributed by atoms with Crippen molar-refractivity contribution in [2.24, 2.45) is 10.8 Å². The third-order valence-corrected chi connectivity index (χ3v) is 8.09. The summed E-state index contributed by atoms with van der Waals surface area (Å²) >= 11 is 0. The Balaban J connectivity index is 1.93. The fourth-order valence-corrected chi connectivity index (χ4v) is 5.68.